The van der Waals surface area contributed by atoms with Crippen molar-refractivity contribution in [1.82, 2.24) is 46.6 Å². The van der Waals surface area contributed by atoms with Crippen molar-refractivity contribution in [3.8, 4) is 0 Å². The lowest BCUT2D eigenvalue weighted by Gasteiger charge is -2.40. The van der Waals surface area contributed by atoms with Gasteiger partial charge in [0.2, 0.25) is 5.91 Å². The van der Waals surface area contributed by atoms with Crippen molar-refractivity contribution in [2.45, 2.75) is 156 Å². The number of nitrogens with one attached hydrogen (secondary N) is 6. The molecular weight excluding hydrogens is 586 g/mol. The van der Waals surface area contributed by atoms with Crippen LogP contribution in [-0.4, -0.2) is 147 Å². The summed E-state index contributed by atoms with van der Waals surface area (Å²) in [7, 11) is 1.68. The fourth-order valence-corrected chi connectivity index (χ4v) is 7.55. The van der Waals surface area contributed by atoms with Gasteiger partial charge < -0.3 is 31.9 Å². The van der Waals surface area contributed by atoms with Crippen molar-refractivity contribution in [3.05, 3.63) is 0 Å². The van der Waals surface area contributed by atoms with Gasteiger partial charge in [-0.05, 0) is 86.6 Å². The van der Waals surface area contributed by atoms with Crippen LogP contribution in [0.25, 0.3) is 0 Å². The first-order valence-electron chi connectivity index (χ1n) is 19.3. The van der Waals surface area contributed by atoms with Gasteiger partial charge in [0.1, 0.15) is 0 Å². The van der Waals surface area contributed by atoms with E-state index in [-0.39, 0.29) is 11.9 Å². The van der Waals surface area contributed by atoms with Crippen molar-refractivity contribution < 1.29 is 4.79 Å². The highest BCUT2D eigenvalue weighted by atomic mass is 16.2. The Bertz CT molecular complexity index is 840. The van der Waals surface area contributed by atoms with Crippen molar-refractivity contribution in [2.75, 3.05) is 66.0 Å². The van der Waals surface area contributed by atoms with Gasteiger partial charge in [-0.15, -0.1) is 0 Å². The van der Waals surface area contributed by atoms with Crippen LogP contribution in [0.15, 0.2) is 0 Å². The second-order valence-electron chi connectivity index (χ2n) is 16.3. The Labute approximate surface area is 291 Å². The zero-order chi connectivity index (χ0) is 35.3. The van der Waals surface area contributed by atoms with Gasteiger partial charge >= 0.3 is 0 Å². The molecule has 1 amide bonds. The lowest BCUT2D eigenvalue weighted by Crippen LogP contribution is -2.58. The highest BCUT2D eigenvalue weighted by Crippen LogP contribution is 2.31. The molecule has 5 fully saturated rings. The van der Waals surface area contributed by atoms with E-state index in [0.717, 1.165) is 56.6 Å². The van der Waals surface area contributed by atoms with Gasteiger partial charge in [0.05, 0.1) is 6.04 Å². The second kappa shape index (κ2) is 21.4. The number of carbonyl (C=O) groups is 1. The fourth-order valence-electron chi connectivity index (χ4n) is 7.55. The molecule has 0 radical (unpaired) electrons. The third kappa shape index (κ3) is 14.9. The monoisotopic (exact) mass is 666 g/mol. The van der Waals surface area contributed by atoms with Gasteiger partial charge in [0.25, 0.3) is 0 Å². The summed E-state index contributed by atoms with van der Waals surface area (Å²) in [6.07, 6.45) is 2.76. The molecule has 10 heteroatoms. The normalized spacial score (nSPS) is 31.7. The Morgan fingerprint density at radius 3 is 1.81 bits per heavy atom. The number of carbonyl (C=O) groups excluding carboxylic acids is 1. The average molecular weight is 666 g/mol. The van der Waals surface area contributed by atoms with E-state index in [1.807, 2.05) is 0 Å². The summed E-state index contributed by atoms with van der Waals surface area (Å²) >= 11 is 0. The molecule has 7 atom stereocenters. The molecule has 10 nitrogen and oxygen atoms in total. The smallest absolute Gasteiger partial charge is 0.238 e. The maximum absolute atomic E-state index is 11.3. The first kappa shape index (κ1) is 42.3. The summed E-state index contributed by atoms with van der Waals surface area (Å²) < 4.78 is 0. The third-order valence-corrected chi connectivity index (χ3v) is 10.7. The average Bonchev–Trinajstić information content (AvgIpc) is 3.66. The van der Waals surface area contributed by atoms with Crippen LogP contribution in [0, 0.1) is 11.8 Å². The molecule has 4 heterocycles. The first-order chi connectivity index (χ1) is 22.1. The van der Waals surface area contributed by atoms with E-state index in [1.165, 1.54) is 39.0 Å². The molecule has 0 unspecified atom stereocenters. The molecule has 0 aromatic heterocycles. The van der Waals surface area contributed by atoms with Crippen LogP contribution in [0.2, 0.25) is 0 Å². The summed E-state index contributed by atoms with van der Waals surface area (Å²) in [5.74, 6) is 1.76. The van der Waals surface area contributed by atoms with Gasteiger partial charge in [0.15, 0.2) is 0 Å². The number of hydrogen-bond acceptors (Lipinski definition) is 9. The number of piperidine rings is 1. The molecule has 6 N–H and O–H groups in total. The minimum absolute atomic E-state index is 0.0406. The predicted octanol–water partition coefficient (Wildman–Crippen LogP) is 2.55. The molecule has 1 saturated carbocycles. The number of rotatable bonds is 7. The van der Waals surface area contributed by atoms with Gasteiger partial charge in [0, 0.05) is 114 Å². The van der Waals surface area contributed by atoms with Crippen LogP contribution in [-0.2, 0) is 4.79 Å². The minimum atomic E-state index is -0.0406. The number of nitrogens with zero attached hydrogens (tertiary/aromatic N) is 3. The van der Waals surface area contributed by atoms with E-state index in [0.29, 0.717) is 42.3 Å². The van der Waals surface area contributed by atoms with E-state index in [9.17, 15) is 4.79 Å². The summed E-state index contributed by atoms with van der Waals surface area (Å²) in [5.41, 5.74) is 0. The van der Waals surface area contributed by atoms with E-state index in [1.54, 1.807) is 7.05 Å². The Hall–Kier alpha value is -0.850. The van der Waals surface area contributed by atoms with E-state index < -0.39 is 0 Å². The van der Waals surface area contributed by atoms with Crippen molar-refractivity contribution in [1.29, 1.82) is 0 Å². The zero-order valence-corrected chi connectivity index (χ0v) is 33.0. The zero-order valence-electron chi connectivity index (χ0n) is 33.0. The number of fused-ring (bicyclic) bond motifs is 2. The highest BCUT2D eigenvalue weighted by molar-refractivity contribution is 5.81. The van der Waals surface area contributed by atoms with Crippen LogP contribution in [0.5, 0.6) is 0 Å². The number of piperazine rings is 3. The summed E-state index contributed by atoms with van der Waals surface area (Å²) in [5, 5.41) is 20.1. The number of amides is 1. The SMILES string of the molecule is CC(C)N1C[C@H](C)NC[C@H]1C.CC(C)N[C@H]1C[C@H]2C[C@@H]1CN2.CC(C)[C@H]1CN(C(C)C)CCN1.CNC(=O)[C@H]1CN(C(C)C)CCN1. The minimum Gasteiger partial charge on any atom is -0.358 e. The first-order valence-corrected chi connectivity index (χ1v) is 19.3. The molecule has 0 aromatic carbocycles. The van der Waals surface area contributed by atoms with Crippen molar-refractivity contribution in [2.24, 2.45) is 11.8 Å². The summed E-state index contributed by atoms with van der Waals surface area (Å²) in [4.78, 5) is 18.8. The maximum Gasteiger partial charge on any atom is 0.238 e. The van der Waals surface area contributed by atoms with Crippen molar-refractivity contribution in [3.63, 3.8) is 0 Å². The van der Waals surface area contributed by atoms with Crippen LogP contribution in [0.3, 0.4) is 0 Å². The standard InChI is InChI=1S/C10H22N2.C9H19N3O.C9H18N2.C9H20N2/c1-8(2)10-7-12(9(3)4)6-5-11-10;1-7(2)12-5-4-11-8(6-12)9(13)10-3;1-6(2)11-9-4-8-3-7(9)5-10-8;1-7(2)11-6-8(3)10-5-9(11)4/h8-11H,5-7H2,1-4H3;7-8,11H,4-6H2,1-3H3,(H,10,13);6-11H,3-5H2,1-2H3;7-10H,5-6H2,1-4H3/t10-;8-;7-,8-,9+;8-,9+/m1110/s1. The van der Waals surface area contributed by atoms with Gasteiger partial charge in [-0.1, -0.05) is 27.7 Å². The van der Waals surface area contributed by atoms with Crippen LogP contribution < -0.4 is 31.9 Å². The Balaban J connectivity index is 0.000000218. The lowest BCUT2D eigenvalue weighted by atomic mass is 10.0. The third-order valence-electron chi connectivity index (χ3n) is 10.7. The predicted molar refractivity (Wildman–Crippen MR) is 201 cm³/mol. The molecule has 278 valence electrons. The summed E-state index contributed by atoms with van der Waals surface area (Å²) in [6, 6.07) is 6.22. The summed E-state index contributed by atoms with van der Waals surface area (Å²) in [6.45, 7) is 36.9. The Morgan fingerprint density at radius 1 is 0.723 bits per heavy atom. The van der Waals surface area contributed by atoms with Crippen LogP contribution in [0.1, 0.15) is 95.9 Å². The number of likely N-dealkylation sites (N-methyl/N-ethyl adjacent to an activating group) is 1. The van der Waals surface area contributed by atoms with Crippen LogP contribution in [0.4, 0.5) is 0 Å². The maximum atomic E-state index is 11.3. The molecule has 2 bridgehead atoms. The second-order valence-corrected chi connectivity index (χ2v) is 16.3. The molecule has 4 saturated heterocycles. The molecule has 1 aliphatic carbocycles. The Kier molecular flexibility index (Phi) is 19.3. The number of hydrogen-bond donors (Lipinski definition) is 6. The largest absolute Gasteiger partial charge is 0.358 e. The lowest BCUT2D eigenvalue weighted by molar-refractivity contribution is -0.123. The van der Waals surface area contributed by atoms with Gasteiger partial charge in [-0.2, -0.15) is 0 Å². The van der Waals surface area contributed by atoms with Gasteiger partial charge in [-0.3, -0.25) is 19.5 Å². The molecule has 0 aromatic rings. The fraction of sp³-hybridized carbons (Fsp3) is 0.973. The molecule has 47 heavy (non-hydrogen) atoms. The molecule has 5 rings (SSSR count). The van der Waals surface area contributed by atoms with E-state index >= 15 is 0 Å². The topological polar surface area (TPSA) is 99.0 Å². The van der Waals surface area contributed by atoms with E-state index in [4.69, 9.17) is 0 Å². The molecule has 0 spiro atoms. The quantitative estimate of drug-likeness (QED) is 0.245. The highest BCUT2D eigenvalue weighted by Gasteiger charge is 2.39. The Morgan fingerprint density at radius 2 is 1.34 bits per heavy atom. The van der Waals surface area contributed by atoms with E-state index in [2.05, 4.69) is 130 Å². The molecular formula is C37H79N9O. The molecule has 5 aliphatic rings. The van der Waals surface area contributed by atoms with Crippen LogP contribution >= 0.6 is 0 Å². The molecule has 4 aliphatic heterocycles. The van der Waals surface area contributed by atoms with Crippen molar-refractivity contribution >= 4 is 5.91 Å². The van der Waals surface area contributed by atoms with Gasteiger partial charge in [-0.25, -0.2) is 0 Å².